The van der Waals surface area contributed by atoms with Crippen molar-refractivity contribution in [1.82, 2.24) is 0 Å². The van der Waals surface area contributed by atoms with Crippen LogP contribution in [0.4, 0.5) is 11.4 Å². The van der Waals surface area contributed by atoms with E-state index in [0.717, 1.165) is 11.1 Å². The molecular weight excluding hydrogens is 240 g/mol. The highest BCUT2D eigenvalue weighted by molar-refractivity contribution is 6.04. The Morgan fingerprint density at radius 1 is 1.05 bits per heavy atom. The van der Waals surface area contributed by atoms with Gasteiger partial charge in [0.05, 0.1) is 0 Å². The van der Waals surface area contributed by atoms with Gasteiger partial charge in [0.2, 0.25) is 0 Å². The summed E-state index contributed by atoms with van der Waals surface area (Å²) < 4.78 is 5.49. The van der Waals surface area contributed by atoms with Crippen molar-refractivity contribution in [1.29, 1.82) is 0 Å². The fourth-order valence-electron chi connectivity index (χ4n) is 1.89. The standard InChI is InChI=1S/C15H12N2O2/c16-11-6-7-13-10(8-11)9-14(19-13)15(18)17-12-4-2-1-3-5-12/h1-9H,16H2,(H,17,18). The molecule has 0 saturated carbocycles. The Labute approximate surface area is 109 Å². The molecule has 0 radical (unpaired) electrons. The number of carbonyl (C=O) groups excluding carboxylic acids is 1. The lowest BCUT2D eigenvalue weighted by Crippen LogP contribution is -2.10. The third kappa shape index (κ3) is 2.28. The number of fused-ring (bicyclic) bond motifs is 1. The molecule has 2 aromatic carbocycles. The van der Waals surface area contributed by atoms with E-state index in [1.807, 2.05) is 30.3 Å². The van der Waals surface area contributed by atoms with E-state index in [9.17, 15) is 4.79 Å². The number of nitrogen functional groups attached to an aromatic ring is 1. The molecule has 0 unspecified atom stereocenters. The highest BCUT2D eigenvalue weighted by Crippen LogP contribution is 2.22. The molecule has 0 aliphatic heterocycles. The first kappa shape index (κ1) is 11.3. The molecule has 0 aliphatic rings. The van der Waals surface area contributed by atoms with E-state index in [-0.39, 0.29) is 11.7 Å². The summed E-state index contributed by atoms with van der Waals surface area (Å²) in [6, 6.07) is 16.2. The zero-order valence-corrected chi connectivity index (χ0v) is 10.1. The van der Waals surface area contributed by atoms with Gasteiger partial charge < -0.3 is 15.5 Å². The third-order valence-electron chi connectivity index (χ3n) is 2.80. The number of anilines is 2. The number of para-hydroxylation sites is 1. The Balaban J connectivity index is 1.89. The van der Waals surface area contributed by atoms with Gasteiger partial charge in [0.25, 0.3) is 5.91 Å². The second-order valence-corrected chi connectivity index (χ2v) is 4.23. The predicted octanol–water partition coefficient (Wildman–Crippen LogP) is 3.27. The summed E-state index contributed by atoms with van der Waals surface area (Å²) in [5, 5.41) is 3.59. The molecule has 0 spiro atoms. The lowest BCUT2D eigenvalue weighted by atomic mass is 10.2. The Bertz CT molecular complexity index is 732. The van der Waals surface area contributed by atoms with E-state index in [1.54, 1.807) is 24.3 Å². The molecule has 3 aromatic rings. The predicted molar refractivity (Wildman–Crippen MR) is 75.0 cm³/mol. The van der Waals surface area contributed by atoms with Gasteiger partial charge in [-0.3, -0.25) is 4.79 Å². The average Bonchev–Trinajstić information content (AvgIpc) is 2.83. The van der Waals surface area contributed by atoms with Gasteiger partial charge in [-0.15, -0.1) is 0 Å². The minimum Gasteiger partial charge on any atom is -0.451 e. The number of furan rings is 1. The Hall–Kier alpha value is -2.75. The molecule has 1 aromatic heterocycles. The minimum atomic E-state index is -0.277. The van der Waals surface area contributed by atoms with E-state index in [2.05, 4.69) is 5.32 Å². The zero-order chi connectivity index (χ0) is 13.2. The number of amides is 1. The highest BCUT2D eigenvalue weighted by Gasteiger charge is 2.12. The van der Waals surface area contributed by atoms with Crippen LogP contribution in [0.1, 0.15) is 10.6 Å². The zero-order valence-electron chi connectivity index (χ0n) is 10.1. The van der Waals surface area contributed by atoms with Gasteiger partial charge in [-0.25, -0.2) is 0 Å². The molecule has 1 amide bonds. The quantitative estimate of drug-likeness (QED) is 0.688. The molecule has 4 heteroatoms. The topological polar surface area (TPSA) is 68.3 Å². The number of hydrogen-bond donors (Lipinski definition) is 2. The number of rotatable bonds is 2. The van der Waals surface area contributed by atoms with E-state index < -0.39 is 0 Å². The molecule has 3 N–H and O–H groups in total. The summed E-state index contributed by atoms with van der Waals surface area (Å²) >= 11 is 0. The summed E-state index contributed by atoms with van der Waals surface area (Å²) in [5.74, 6) is -0.00887. The van der Waals surface area contributed by atoms with Crippen molar-refractivity contribution < 1.29 is 9.21 Å². The SMILES string of the molecule is Nc1ccc2oc(C(=O)Nc3ccccc3)cc2c1. The third-order valence-corrected chi connectivity index (χ3v) is 2.80. The Morgan fingerprint density at radius 2 is 1.84 bits per heavy atom. The maximum Gasteiger partial charge on any atom is 0.291 e. The minimum absolute atomic E-state index is 0.268. The molecule has 0 fully saturated rings. The summed E-state index contributed by atoms with van der Waals surface area (Å²) in [7, 11) is 0. The summed E-state index contributed by atoms with van der Waals surface area (Å²) in [5.41, 5.74) is 7.71. The molecule has 4 nitrogen and oxygen atoms in total. The van der Waals surface area contributed by atoms with Crippen molar-refractivity contribution in [2.45, 2.75) is 0 Å². The van der Waals surface area contributed by atoms with Gasteiger partial charge in [0.15, 0.2) is 5.76 Å². The smallest absolute Gasteiger partial charge is 0.291 e. The molecule has 19 heavy (non-hydrogen) atoms. The van der Waals surface area contributed by atoms with Crippen LogP contribution in [0.15, 0.2) is 59.0 Å². The van der Waals surface area contributed by atoms with Crippen molar-refractivity contribution in [3.8, 4) is 0 Å². The van der Waals surface area contributed by atoms with Crippen LogP contribution in [0.3, 0.4) is 0 Å². The van der Waals surface area contributed by atoms with Crippen LogP contribution in [0.2, 0.25) is 0 Å². The number of hydrogen-bond acceptors (Lipinski definition) is 3. The average molecular weight is 252 g/mol. The van der Waals surface area contributed by atoms with Crippen molar-refractivity contribution in [2.75, 3.05) is 11.1 Å². The number of carbonyl (C=O) groups is 1. The maximum atomic E-state index is 12.0. The van der Waals surface area contributed by atoms with Gasteiger partial charge in [-0.2, -0.15) is 0 Å². The molecule has 3 rings (SSSR count). The largest absolute Gasteiger partial charge is 0.451 e. The first-order valence-electron chi connectivity index (χ1n) is 5.88. The normalized spacial score (nSPS) is 10.5. The fraction of sp³-hybridized carbons (Fsp3) is 0. The Kier molecular flexibility index (Phi) is 2.68. The molecule has 94 valence electrons. The monoisotopic (exact) mass is 252 g/mol. The molecule has 0 atom stereocenters. The second-order valence-electron chi connectivity index (χ2n) is 4.23. The first-order chi connectivity index (χ1) is 9.22. The van der Waals surface area contributed by atoms with Crippen molar-refractivity contribution in [3.05, 3.63) is 60.4 Å². The van der Waals surface area contributed by atoms with Crippen LogP contribution in [0.25, 0.3) is 11.0 Å². The Morgan fingerprint density at radius 3 is 2.63 bits per heavy atom. The summed E-state index contributed by atoms with van der Waals surface area (Å²) in [6.45, 7) is 0. The van der Waals surface area contributed by atoms with Crippen LogP contribution >= 0.6 is 0 Å². The lowest BCUT2D eigenvalue weighted by molar-refractivity contribution is 0.0998. The van der Waals surface area contributed by atoms with E-state index >= 15 is 0 Å². The van der Waals surface area contributed by atoms with Gasteiger partial charge in [0, 0.05) is 16.8 Å². The van der Waals surface area contributed by atoms with Crippen LogP contribution in [-0.4, -0.2) is 5.91 Å². The van der Waals surface area contributed by atoms with Gasteiger partial charge in [-0.05, 0) is 36.4 Å². The van der Waals surface area contributed by atoms with E-state index in [0.29, 0.717) is 11.3 Å². The van der Waals surface area contributed by atoms with Crippen LogP contribution < -0.4 is 11.1 Å². The van der Waals surface area contributed by atoms with E-state index in [4.69, 9.17) is 10.2 Å². The first-order valence-corrected chi connectivity index (χ1v) is 5.88. The number of nitrogens with one attached hydrogen (secondary N) is 1. The molecule has 0 aliphatic carbocycles. The molecule has 1 heterocycles. The molecular formula is C15H12N2O2. The van der Waals surface area contributed by atoms with Crippen LogP contribution in [0, 0.1) is 0 Å². The maximum absolute atomic E-state index is 12.0. The van der Waals surface area contributed by atoms with Crippen molar-refractivity contribution >= 4 is 28.3 Å². The molecule has 0 bridgehead atoms. The summed E-state index contributed by atoms with van der Waals surface area (Å²) in [4.78, 5) is 12.0. The number of nitrogens with two attached hydrogens (primary N) is 1. The number of benzene rings is 2. The highest BCUT2D eigenvalue weighted by atomic mass is 16.3. The van der Waals surface area contributed by atoms with Crippen molar-refractivity contribution in [3.63, 3.8) is 0 Å². The fourth-order valence-corrected chi connectivity index (χ4v) is 1.89. The van der Waals surface area contributed by atoms with Gasteiger partial charge in [-0.1, -0.05) is 18.2 Å². The lowest BCUT2D eigenvalue weighted by Gasteiger charge is -2.01. The van der Waals surface area contributed by atoms with Gasteiger partial charge in [0.1, 0.15) is 5.58 Å². The van der Waals surface area contributed by atoms with Gasteiger partial charge >= 0.3 is 0 Å². The van der Waals surface area contributed by atoms with Crippen molar-refractivity contribution in [2.24, 2.45) is 0 Å². The second kappa shape index (κ2) is 4.49. The summed E-state index contributed by atoms with van der Waals surface area (Å²) in [6.07, 6.45) is 0. The van der Waals surface area contributed by atoms with E-state index in [1.165, 1.54) is 0 Å². The molecule has 0 saturated heterocycles. The van der Waals surface area contributed by atoms with Crippen LogP contribution in [0.5, 0.6) is 0 Å². The van der Waals surface area contributed by atoms with Crippen LogP contribution in [-0.2, 0) is 0 Å².